The number of thioether (sulfide) groups is 1. The summed E-state index contributed by atoms with van der Waals surface area (Å²) in [5.41, 5.74) is 3.33. The number of fused-ring (bicyclic) bond motifs is 1. The average Bonchev–Trinajstić information content (AvgIpc) is 3.10. The summed E-state index contributed by atoms with van der Waals surface area (Å²) >= 11 is 1.52. The molecule has 0 saturated carbocycles. The fourth-order valence-electron chi connectivity index (χ4n) is 3.78. The van der Waals surface area contributed by atoms with E-state index in [0.29, 0.717) is 0 Å². The van der Waals surface area contributed by atoms with Crippen LogP contribution in [0.2, 0.25) is 0 Å². The number of amidine groups is 1. The maximum Gasteiger partial charge on any atom is 0.264 e. The molecule has 0 saturated heterocycles. The van der Waals surface area contributed by atoms with Crippen LogP contribution in [0.3, 0.4) is 0 Å². The first-order valence-corrected chi connectivity index (χ1v) is 11.7. The van der Waals surface area contributed by atoms with Gasteiger partial charge in [0.1, 0.15) is 0 Å². The van der Waals surface area contributed by atoms with Crippen molar-refractivity contribution in [2.75, 3.05) is 18.4 Å². The van der Waals surface area contributed by atoms with Crippen LogP contribution in [0.15, 0.2) is 39.9 Å². The number of rotatable bonds is 10. The highest BCUT2D eigenvalue weighted by molar-refractivity contribution is 8.18. The van der Waals surface area contributed by atoms with Gasteiger partial charge in [0.15, 0.2) is 5.17 Å². The predicted molar refractivity (Wildman–Crippen MR) is 121 cm³/mol. The number of unbranched alkanes of at least 4 members (excludes halogenated alkanes) is 5. The molecule has 3 rings (SSSR count). The van der Waals surface area contributed by atoms with Crippen LogP contribution in [0.1, 0.15) is 70.8 Å². The van der Waals surface area contributed by atoms with E-state index >= 15 is 0 Å². The molecule has 28 heavy (non-hydrogen) atoms. The number of nitrogens with zero attached hydrogens (tertiary/aromatic N) is 2. The van der Waals surface area contributed by atoms with Crippen molar-refractivity contribution in [1.82, 2.24) is 4.90 Å². The lowest BCUT2D eigenvalue weighted by atomic mass is 10.0. The largest absolute Gasteiger partial charge is 0.323 e. The Kier molecular flexibility index (Phi) is 8.01. The van der Waals surface area contributed by atoms with Gasteiger partial charge < -0.3 is 10.2 Å². The van der Waals surface area contributed by atoms with E-state index in [4.69, 9.17) is 0 Å². The van der Waals surface area contributed by atoms with Gasteiger partial charge in [-0.2, -0.15) is 0 Å². The van der Waals surface area contributed by atoms with E-state index in [-0.39, 0.29) is 5.91 Å². The van der Waals surface area contributed by atoms with Crippen LogP contribution >= 0.6 is 11.8 Å². The summed E-state index contributed by atoms with van der Waals surface area (Å²) < 4.78 is 0. The van der Waals surface area contributed by atoms with Crippen LogP contribution in [0.4, 0.5) is 5.69 Å². The van der Waals surface area contributed by atoms with Crippen molar-refractivity contribution in [1.29, 1.82) is 0 Å². The third kappa shape index (κ3) is 5.40. The van der Waals surface area contributed by atoms with Crippen molar-refractivity contribution in [3.63, 3.8) is 0 Å². The topological polar surface area (TPSA) is 44.7 Å². The second kappa shape index (κ2) is 10.7. The molecule has 1 N–H and O–H groups in total. The van der Waals surface area contributed by atoms with Gasteiger partial charge in [0.25, 0.3) is 5.91 Å². The van der Waals surface area contributed by atoms with Gasteiger partial charge in [-0.15, -0.1) is 0 Å². The van der Waals surface area contributed by atoms with Crippen LogP contribution in [0.25, 0.3) is 0 Å². The Morgan fingerprint density at radius 2 is 1.86 bits per heavy atom. The fourth-order valence-corrected chi connectivity index (χ4v) is 4.94. The zero-order valence-electron chi connectivity index (χ0n) is 17.3. The standard InChI is InChI=1S/C23H33N3OS/c1-3-5-6-7-8-9-11-18-12-14-19(15-13-18)25-22(27)21-20(4-2)26-17-10-16-24-23(26)28-21/h12-15H,3-11,16-17H2,1-2H3,(H,25,27). The van der Waals surface area contributed by atoms with Gasteiger partial charge in [-0.05, 0) is 55.1 Å². The molecule has 0 atom stereocenters. The molecule has 1 amide bonds. The summed E-state index contributed by atoms with van der Waals surface area (Å²) in [6, 6.07) is 8.35. The maximum absolute atomic E-state index is 12.8. The quantitative estimate of drug-likeness (QED) is 0.494. The molecular weight excluding hydrogens is 366 g/mol. The lowest BCUT2D eigenvalue weighted by Gasteiger charge is -2.24. The van der Waals surface area contributed by atoms with Gasteiger partial charge in [0.05, 0.1) is 4.91 Å². The summed E-state index contributed by atoms with van der Waals surface area (Å²) in [5, 5.41) is 4.06. The molecule has 0 aliphatic carbocycles. The molecule has 0 bridgehead atoms. The first-order chi connectivity index (χ1) is 13.7. The molecule has 1 aromatic rings. The number of aryl methyl sites for hydroxylation is 1. The van der Waals surface area contributed by atoms with Crippen LogP contribution in [-0.2, 0) is 11.2 Å². The molecule has 2 aliphatic heterocycles. The van der Waals surface area contributed by atoms with Gasteiger partial charge >= 0.3 is 0 Å². The van der Waals surface area contributed by atoms with Crippen molar-refractivity contribution in [2.24, 2.45) is 4.99 Å². The Morgan fingerprint density at radius 3 is 2.61 bits per heavy atom. The maximum atomic E-state index is 12.8. The van der Waals surface area contributed by atoms with Crippen molar-refractivity contribution in [2.45, 2.75) is 71.6 Å². The summed E-state index contributed by atoms with van der Waals surface area (Å²) in [5.74, 6) is -0.0115. The average molecular weight is 400 g/mol. The van der Waals surface area contributed by atoms with Gasteiger partial charge in [-0.3, -0.25) is 9.79 Å². The Bertz CT molecular complexity index is 724. The number of nitrogens with one attached hydrogen (secondary N) is 1. The van der Waals surface area contributed by atoms with Crippen molar-refractivity contribution < 1.29 is 4.79 Å². The lowest BCUT2D eigenvalue weighted by molar-refractivity contribution is -0.112. The predicted octanol–water partition coefficient (Wildman–Crippen LogP) is 5.96. The summed E-state index contributed by atoms with van der Waals surface area (Å²) in [7, 11) is 0. The Morgan fingerprint density at radius 1 is 1.11 bits per heavy atom. The minimum absolute atomic E-state index is 0.0115. The van der Waals surface area contributed by atoms with E-state index in [1.807, 2.05) is 12.1 Å². The van der Waals surface area contributed by atoms with Crippen molar-refractivity contribution in [3.8, 4) is 0 Å². The second-order valence-corrected chi connectivity index (χ2v) is 8.55. The number of hydrogen-bond acceptors (Lipinski definition) is 4. The van der Waals surface area contributed by atoms with Crippen LogP contribution in [0, 0.1) is 0 Å². The molecule has 0 unspecified atom stereocenters. The number of allylic oxidation sites excluding steroid dienone is 1. The van der Waals surface area contributed by atoms with E-state index in [9.17, 15) is 4.79 Å². The van der Waals surface area contributed by atoms with E-state index in [1.54, 1.807) is 0 Å². The molecule has 0 fully saturated rings. The van der Waals surface area contributed by atoms with Gasteiger partial charge in [0, 0.05) is 24.5 Å². The van der Waals surface area contributed by atoms with Gasteiger partial charge in [-0.1, -0.05) is 58.1 Å². The Hall–Kier alpha value is -1.75. The molecule has 2 heterocycles. The number of benzene rings is 1. The van der Waals surface area contributed by atoms with E-state index in [2.05, 4.69) is 41.2 Å². The first-order valence-electron chi connectivity index (χ1n) is 10.9. The molecule has 0 spiro atoms. The molecular formula is C23H33N3OS. The summed E-state index contributed by atoms with van der Waals surface area (Å²) in [6.45, 7) is 6.20. The number of carbonyl (C=O) groups is 1. The zero-order valence-corrected chi connectivity index (χ0v) is 18.1. The highest BCUT2D eigenvalue weighted by Crippen LogP contribution is 2.38. The molecule has 0 radical (unpaired) electrons. The number of amides is 1. The Balaban J connectivity index is 1.52. The number of aliphatic imine (C=N–C) groups is 1. The molecule has 2 aliphatic rings. The third-order valence-corrected chi connectivity index (χ3v) is 6.53. The minimum Gasteiger partial charge on any atom is -0.323 e. The van der Waals surface area contributed by atoms with Crippen LogP contribution in [0.5, 0.6) is 0 Å². The normalized spacial score (nSPS) is 16.2. The Labute approximate surface area is 173 Å². The van der Waals surface area contributed by atoms with E-state index in [1.165, 1.54) is 55.9 Å². The number of hydrogen-bond donors (Lipinski definition) is 1. The molecule has 1 aromatic carbocycles. The SMILES string of the molecule is CCCCCCCCc1ccc(NC(=O)C2=C(CC)N3CCCN=C3S2)cc1. The molecule has 5 heteroatoms. The monoisotopic (exact) mass is 399 g/mol. The van der Waals surface area contributed by atoms with Gasteiger partial charge in [0.2, 0.25) is 0 Å². The number of carbonyl (C=O) groups excluding carboxylic acids is 1. The van der Waals surface area contributed by atoms with E-state index in [0.717, 1.165) is 53.8 Å². The van der Waals surface area contributed by atoms with E-state index < -0.39 is 0 Å². The smallest absolute Gasteiger partial charge is 0.264 e. The molecule has 152 valence electrons. The van der Waals surface area contributed by atoms with Crippen molar-refractivity contribution >= 4 is 28.5 Å². The lowest BCUT2D eigenvalue weighted by Crippen LogP contribution is -2.29. The highest BCUT2D eigenvalue weighted by atomic mass is 32.2. The number of anilines is 1. The molecule has 0 aromatic heterocycles. The fraction of sp³-hybridized carbons (Fsp3) is 0.565. The highest BCUT2D eigenvalue weighted by Gasteiger charge is 2.33. The van der Waals surface area contributed by atoms with Crippen LogP contribution in [-0.4, -0.2) is 29.1 Å². The second-order valence-electron chi connectivity index (χ2n) is 7.57. The zero-order chi connectivity index (χ0) is 19.8. The molecule has 4 nitrogen and oxygen atoms in total. The summed E-state index contributed by atoms with van der Waals surface area (Å²) in [6.07, 6.45) is 10.9. The van der Waals surface area contributed by atoms with Crippen LogP contribution < -0.4 is 5.32 Å². The summed E-state index contributed by atoms with van der Waals surface area (Å²) in [4.78, 5) is 20.4. The minimum atomic E-state index is -0.0115. The van der Waals surface area contributed by atoms with Crippen molar-refractivity contribution in [3.05, 3.63) is 40.4 Å². The van der Waals surface area contributed by atoms with Gasteiger partial charge in [-0.25, -0.2) is 0 Å². The third-order valence-electron chi connectivity index (χ3n) is 5.37. The first kappa shape index (κ1) is 21.0.